The maximum absolute atomic E-state index is 13.2. The van der Waals surface area contributed by atoms with Crippen molar-refractivity contribution in [1.29, 1.82) is 0 Å². The number of amides is 2. The molecule has 5 aromatic carbocycles. The molecule has 1 fully saturated rings. The molecule has 1 heterocycles. The molecule has 0 spiro atoms. The van der Waals surface area contributed by atoms with Crippen LogP contribution in [0.4, 0.5) is 0 Å². The predicted molar refractivity (Wildman–Crippen MR) is 240 cm³/mol. The molecule has 0 bridgehead atoms. The van der Waals surface area contributed by atoms with Gasteiger partial charge in [-0.15, -0.1) is 10.1 Å². The Kier molecular flexibility index (Phi) is 15.1. The minimum atomic E-state index is -0.823. The zero-order valence-corrected chi connectivity index (χ0v) is 34.9. The van der Waals surface area contributed by atoms with Crippen molar-refractivity contribution >= 4 is 78.9 Å². The molecule has 2 amide bonds. The van der Waals surface area contributed by atoms with E-state index in [-0.39, 0.29) is 25.0 Å². The van der Waals surface area contributed by atoms with Crippen LogP contribution >= 0.6 is 45.6 Å². The second-order valence-electron chi connectivity index (χ2n) is 12.6. The van der Waals surface area contributed by atoms with E-state index < -0.39 is 5.09 Å². The standard InChI is InChI=1S/C44H39N3O7S4/c1-52-37-20-16-35(17-21-37)42(36-18-22-38(53-2)23-19-36)41(33-6-4-3-5-7-33)34-14-12-32(13-15-34)31-10-8-30(9-11-31)28-39-43(49)46(44(55)58-39)29-40(48)45-24-26-56-57-27-25-54-47(50)51/h3-23,28H,24-27,29H2,1-2H3,(H,45,48)/b39-28+. The van der Waals surface area contributed by atoms with Crippen LogP contribution in [0.3, 0.4) is 0 Å². The van der Waals surface area contributed by atoms with Crippen LogP contribution in [0.2, 0.25) is 0 Å². The Labute approximate surface area is 354 Å². The summed E-state index contributed by atoms with van der Waals surface area (Å²) in [5.41, 5.74) is 9.28. The maximum atomic E-state index is 13.2. The van der Waals surface area contributed by atoms with Gasteiger partial charge in [0.2, 0.25) is 5.91 Å². The van der Waals surface area contributed by atoms with Gasteiger partial charge in [-0.05, 0) is 80.4 Å². The highest BCUT2D eigenvalue weighted by atomic mass is 33.1. The summed E-state index contributed by atoms with van der Waals surface area (Å²) >= 11 is 6.62. The van der Waals surface area contributed by atoms with E-state index in [1.54, 1.807) is 20.3 Å². The van der Waals surface area contributed by atoms with Crippen molar-refractivity contribution < 1.29 is 29.0 Å². The number of methoxy groups -OCH3 is 2. The summed E-state index contributed by atoms with van der Waals surface area (Å²) in [7, 11) is 6.21. The van der Waals surface area contributed by atoms with Crippen molar-refractivity contribution in [2.75, 3.05) is 45.4 Å². The number of hydrogen-bond donors (Lipinski definition) is 1. The molecule has 6 rings (SSSR count). The Morgan fingerprint density at radius 3 is 1.79 bits per heavy atom. The predicted octanol–water partition coefficient (Wildman–Crippen LogP) is 9.29. The number of rotatable bonds is 18. The number of carbonyl (C=O) groups is 2. The summed E-state index contributed by atoms with van der Waals surface area (Å²) in [5, 5.41) is 12.2. The number of thiocarbonyl (C=S) groups is 1. The normalized spacial score (nSPS) is 13.0. The summed E-state index contributed by atoms with van der Waals surface area (Å²) in [6.45, 7) is 0.214. The van der Waals surface area contributed by atoms with E-state index >= 15 is 0 Å². The highest BCUT2D eigenvalue weighted by molar-refractivity contribution is 8.76. The lowest BCUT2D eigenvalue weighted by Crippen LogP contribution is -2.40. The second-order valence-corrected chi connectivity index (χ2v) is 17.0. The van der Waals surface area contributed by atoms with Crippen LogP contribution in [0.5, 0.6) is 11.5 Å². The molecule has 0 radical (unpaired) electrons. The third-order valence-electron chi connectivity index (χ3n) is 8.91. The first-order valence-corrected chi connectivity index (χ1v) is 21.8. The third kappa shape index (κ3) is 11.1. The zero-order chi connectivity index (χ0) is 40.9. The van der Waals surface area contributed by atoms with E-state index in [0.29, 0.717) is 27.3 Å². The summed E-state index contributed by atoms with van der Waals surface area (Å²) < 4.78 is 11.3. The number of hydrogen-bond acceptors (Lipinski definition) is 11. The molecule has 1 saturated heterocycles. The summed E-state index contributed by atoms with van der Waals surface area (Å²) in [6, 6.07) is 43.1. The number of benzene rings is 5. The van der Waals surface area contributed by atoms with Crippen molar-refractivity contribution in [1.82, 2.24) is 10.2 Å². The maximum Gasteiger partial charge on any atom is 0.294 e. The number of nitrogens with one attached hydrogen (secondary N) is 1. The van der Waals surface area contributed by atoms with E-state index in [2.05, 4.69) is 83.0 Å². The Morgan fingerprint density at radius 1 is 0.759 bits per heavy atom. The molecule has 10 nitrogen and oxygen atoms in total. The van der Waals surface area contributed by atoms with Crippen LogP contribution in [0.1, 0.15) is 27.8 Å². The van der Waals surface area contributed by atoms with Crippen molar-refractivity contribution in [3.05, 3.63) is 170 Å². The molecule has 1 aliphatic heterocycles. The van der Waals surface area contributed by atoms with Gasteiger partial charge in [-0.25, -0.2) is 0 Å². The zero-order valence-electron chi connectivity index (χ0n) is 31.6. The van der Waals surface area contributed by atoms with Crippen LogP contribution < -0.4 is 14.8 Å². The van der Waals surface area contributed by atoms with Gasteiger partial charge >= 0.3 is 0 Å². The van der Waals surface area contributed by atoms with E-state index in [4.69, 9.17) is 21.7 Å². The Balaban J connectivity index is 1.16. The fourth-order valence-electron chi connectivity index (χ4n) is 6.11. The topological polar surface area (TPSA) is 120 Å². The average molecular weight is 850 g/mol. The summed E-state index contributed by atoms with van der Waals surface area (Å²) in [4.78, 5) is 42.0. The third-order valence-corrected chi connectivity index (χ3v) is 12.7. The molecular formula is C44H39N3O7S4. The van der Waals surface area contributed by atoms with Gasteiger partial charge in [-0.3, -0.25) is 14.5 Å². The molecule has 14 heteroatoms. The van der Waals surface area contributed by atoms with Gasteiger partial charge in [0.05, 0.1) is 19.1 Å². The van der Waals surface area contributed by atoms with E-state index in [0.717, 1.165) is 61.6 Å². The number of carbonyl (C=O) groups excluding carboxylic acids is 2. The first kappa shape index (κ1) is 42.1. The van der Waals surface area contributed by atoms with Crippen molar-refractivity contribution in [2.24, 2.45) is 0 Å². The molecule has 1 aliphatic rings. The van der Waals surface area contributed by atoms with Crippen LogP contribution in [-0.4, -0.2) is 71.5 Å². The number of nitrogens with zero attached hydrogens (tertiary/aromatic N) is 2. The van der Waals surface area contributed by atoms with Gasteiger partial charge in [0, 0.05) is 18.1 Å². The smallest absolute Gasteiger partial charge is 0.294 e. The van der Waals surface area contributed by atoms with E-state index in [9.17, 15) is 19.7 Å². The molecule has 1 N–H and O–H groups in total. The summed E-state index contributed by atoms with van der Waals surface area (Å²) in [5.74, 6) is 1.98. The Morgan fingerprint density at radius 2 is 1.26 bits per heavy atom. The average Bonchev–Trinajstić information content (AvgIpc) is 3.51. The van der Waals surface area contributed by atoms with Gasteiger partial charge in [0.1, 0.15) is 29.0 Å². The minimum absolute atomic E-state index is 0.00626. The second kappa shape index (κ2) is 20.8. The Bertz CT molecular complexity index is 2230. The van der Waals surface area contributed by atoms with Crippen LogP contribution in [-0.2, 0) is 14.4 Å². The molecule has 0 aliphatic carbocycles. The minimum Gasteiger partial charge on any atom is -0.497 e. The van der Waals surface area contributed by atoms with Gasteiger partial charge in [-0.1, -0.05) is 149 Å². The van der Waals surface area contributed by atoms with Gasteiger partial charge in [0.25, 0.3) is 11.0 Å². The Hall–Kier alpha value is -5.54. The monoisotopic (exact) mass is 849 g/mol. The van der Waals surface area contributed by atoms with Crippen molar-refractivity contribution in [3.63, 3.8) is 0 Å². The lowest BCUT2D eigenvalue weighted by molar-refractivity contribution is -0.756. The fourth-order valence-corrected chi connectivity index (χ4v) is 9.09. The lowest BCUT2D eigenvalue weighted by atomic mass is 9.85. The highest BCUT2D eigenvalue weighted by Gasteiger charge is 2.33. The molecule has 0 unspecified atom stereocenters. The number of thioether (sulfide) groups is 1. The molecule has 0 saturated carbocycles. The van der Waals surface area contributed by atoms with Crippen molar-refractivity contribution in [2.45, 2.75) is 0 Å². The first-order valence-electron chi connectivity index (χ1n) is 18.1. The number of ether oxygens (including phenoxy) is 2. The van der Waals surface area contributed by atoms with Crippen LogP contribution in [0.25, 0.3) is 28.3 Å². The molecule has 0 atom stereocenters. The molecule has 0 aromatic heterocycles. The van der Waals surface area contributed by atoms with Gasteiger partial charge in [0.15, 0.2) is 0 Å². The quantitative estimate of drug-likeness (QED) is 0.0173. The SMILES string of the molecule is COc1ccc(C(=C(c2ccccc2)c2ccc(-c3ccc(/C=C4/SC(=S)N(CC(=O)NCCSSCCO[N+](=O)[O-])C4=O)cc3)cc2)c2ccc(OC)cc2)cc1. The van der Waals surface area contributed by atoms with E-state index in [1.807, 2.05) is 54.6 Å². The van der Waals surface area contributed by atoms with Gasteiger partial charge < -0.3 is 19.6 Å². The largest absolute Gasteiger partial charge is 0.497 e. The highest BCUT2D eigenvalue weighted by Crippen LogP contribution is 2.39. The van der Waals surface area contributed by atoms with Crippen molar-refractivity contribution in [3.8, 4) is 22.6 Å². The lowest BCUT2D eigenvalue weighted by Gasteiger charge is -2.19. The molecule has 296 valence electrons. The van der Waals surface area contributed by atoms with Gasteiger partial charge in [-0.2, -0.15) is 0 Å². The van der Waals surface area contributed by atoms with Crippen LogP contribution in [0.15, 0.2) is 132 Å². The fraction of sp³-hybridized carbons (Fsp3) is 0.159. The molecule has 58 heavy (non-hydrogen) atoms. The molecular weight excluding hydrogens is 811 g/mol. The van der Waals surface area contributed by atoms with E-state index in [1.165, 1.54) is 38.2 Å². The summed E-state index contributed by atoms with van der Waals surface area (Å²) in [6.07, 6.45) is 1.79. The first-order chi connectivity index (χ1) is 28.2. The molecule has 5 aromatic rings. The van der Waals surface area contributed by atoms with Crippen LogP contribution in [0, 0.1) is 10.1 Å².